The lowest BCUT2D eigenvalue weighted by Crippen LogP contribution is -2.43. The summed E-state index contributed by atoms with van der Waals surface area (Å²) in [6, 6.07) is 5.26. The van der Waals surface area contributed by atoms with Crippen LogP contribution in [0.4, 0.5) is 5.69 Å². The molecular weight excluding hydrogens is 246 g/mol. The monoisotopic (exact) mass is 265 g/mol. The fraction of sp³-hybridized carbons (Fsp3) is 0.429. The van der Waals surface area contributed by atoms with Crippen molar-refractivity contribution in [1.29, 1.82) is 0 Å². The van der Waals surface area contributed by atoms with Gasteiger partial charge in [-0.25, -0.2) is 0 Å². The molecule has 0 bridgehead atoms. The van der Waals surface area contributed by atoms with Gasteiger partial charge in [-0.05, 0) is 44.5 Å². The van der Waals surface area contributed by atoms with Crippen molar-refractivity contribution < 1.29 is 19.4 Å². The first-order valence-electron chi connectivity index (χ1n) is 5.88. The van der Waals surface area contributed by atoms with Crippen molar-refractivity contribution in [3.8, 4) is 5.75 Å². The van der Waals surface area contributed by atoms with Crippen LogP contribution >= 0.6 is 0 Å². The van der Waals surface area contributed by atoms with E-state index in [4.69, 9.17) is 9.84 Å². The highest BCUT2D eigenvalue weighted by Crippen LogP contribution is 2.27. The first-order valence-corrected chi connectivity index (χ1v) is 5.88. The van der Waals surface area contributed by atoms with Crippen molar-refractivity contribution in [3.63, 3.8) is 0 Å². The van der Waals surface area contributed by atoms with Crippen molar-refractivity contribution in [2.45, 2.75) is 20.8 Å². The number of carbonyl (C=O) groups excluding carboxylic acids is 1. The number of aryl methyl sites for hydroxylation is 1. The summed E-state index contributed by atoms with van der Waals surface area (Å²) in [5, 5.41) is 9.08. The molecular formula is C14H19NO4. The number of anilines is 1. The maximum Gasteiger partial charge on any atom is 0.318 e. The largest absolute Gasteiger partial charge is 0.496 e. The number of ether oxygens (including phenoxy) is 1. The zero-order valence-electron chi connectivity index (χ0n) is 11.9. The van der Waals surface area contributed by atoms with E-state index in [0.29, 0.717) is 5.69 Å². The average Bonchev–Trinajstić information content (AvgIpc) is 2.36. The van der Waals surface area contributed by atoms with Gasteiger partial charge >= 0.3 is 5.97 Å². The van der Waals surface area contributed by atoms with E-state index in [2.05, 4.69) is 0 Å². The number of hydrogen-bond acceptors (Lipinski definition) is 3. The number of aliphatic carboxylic acids is 1. The Morgan fingerprint density at radius 3 is 2.32 bits per heavy atom. The van der Waals surface area contributed by atoms with E-state index in [0.717, 1.165) is 11.3 Å². The van der Waals surface area contributed by atoms with Crippen molar-refractivity contribution in [2.24, 2.45) is 5.41 Å². The van der Waals surface area contributed by atoms with E-state index < -0.39 is 17.3 Å². The second kappa shape index (κ2) is 5.30. The predicted molar refractivity (Wildman–Crippen MR) is 72.6 cm³/mol. The van der Waals surface area contributed by atoms with Gasteiger partial charge in [-0.15, -0.1) is 0 Å². The molecule has 19 heavy (non-hydrogen) atoms. The number of carboxylic acids is 1. The Bertz CT molecular complexity index is 508. The average molecular weight is 265 g/mol. The standard InChI is InChI=1S/C14H19NO4/c1-9-8-10(6-7-11(9)19-5)15(4)12(16)14(2,3)13(17)18/h6-8H,1-5H3,(H,17,18). The molecule has 5 nitrogen and oxygen atoms in total. The minimum atomic E-state index is -1.46. The molecule has 0 radical (unpaired) electrons. The molecule has 1 aromatic carbocycles. The zero-order valence-corrected chi connectivity index (χ0v) is 11.9. The summed E-state index contributed by atoms with van der Waals surface area (Å²) in [4.78, 5) is 24.6. The maximum absolute atomic E-state index is 12.2. The summed E-state index contributed by atoms with van der Waals surface area (Å²) in [6.45, 7) is 4.65. The Morgan fingerprint density at radius 1 is 1.32 bits per heavy atom. The summed E-state index contributed by atoms with van der Waals surface area (Å²) in [5.74, 6) is -0.888. The second-order valence-corrected chi connectivity index (χ2v) is 4.95. The summed E-state index contributed by atoms with van der Waals surface area (Å²) < 4.78 is 5.15. The van der Waals surface area contributed by atoms with Crippen LogP contribution in [0, 0.1) is 12.3 Å². The zero-order chi connectivity index (χ0) is 14.8. The molecule has 0 unspecified atom stereocenters. The first-order chi connectivity index (χ1) is 8.71. The summed E-state index contributed by atoms with van der Waals surface area (Å²) >= 11 is 0. The Kier molecular flexibility index (Phi) is 4.19. The van der Waals surface area contributed by atoms with Gasteiger partial charge in [0.05, 0.1) is 7.11 Å². The van der Waals surface area contributed by atoms with E-state index in [1.807, 2.05) is 6.92 Å². The predicted octanol–water partition coefficient (Wildman–Crippen LogP) is 2.08. The van der Waals surface area contributed by atoms with Crippen molar-refractivity contribution in [1.82, 2.24) is 0 Å². The van der Waals surface area contributed by atoms with Gasteiger partial charge in [0, 0.05) is 12.7 Å². The molecule has 0 aliphatic heterocycles. The van der Waals surface area contributed by atoms with E-state index >= 15 is 0 Å². The third-order valence-electron chi connectivity index (χ3n) is 3.14. The molecule has 0 heterocycles. The van der Waals surface area contributed by atoms with Crippen LogP contribution in [0.25, 0.3) is 0 Å². The van der Waals surface area contributed by atoms with Gasteiger partial charge in [0.15, 0.2) is 0 Å². The summed E-state index contributed by atoms with van der Waals surface area (Å²) in [5.41, 5.74) is 0.0631. The Morgan fingerprint density at radius 2 is 1.89 bits per heavy atom. The quantitative estimate of drug-likeness (QED) is 0.846. The van der Waals surface area contributed by atoms with Crippen LogP contribution in [0.5, 0.6) is 5.75 Å². The molecule has 0 aliphatic rings. The minimum absolute atomic E-state index is 0.468. The molecule has 0 spiro atoms. The number of carboxylic acid groups (broad SMARTS) is 1. The van der Waals surface area contributed by atoms with Gasteiger partial charge < -0.3 is 14.7 Å². The molecule has 0 aliphatic carbocycles. The van der Waals surface area contributed by atoms with E-state index in [9.17, 15) is 9.59 Å². The van der Waals surface area contributed by atoms with Crippen molar-refractivity contribution >= 4 is 17.6 Å². The van der Waals surface area contributed by atoms with E-state index in [1.54, 1.807) is 32.4 Å². The molecule has 1 rings (SSSR count). The number of nitrogens with zero attached hydrogens (tertiary/aromatic N) is 1. The molecule has 0 saturated heterocycles. The van der Waals surface area contributed by atoms with E-state index in [-0.39, 0.29) is 0 Å². The van der Waals surface area contributed by atoms with Gasteiger partial charge in [-0.1, -0.05) is 0 Å². The highest BCUT2D eigenvalue weighted by atomic mass is 16.5. The molecule has 104 valence electrons. The smallest absolute Gasteiger partial charge is 0.318 e. The van der Waals surface area contributed by atoms with E-state index in [1.165, 1.54) is 18.7 Å². The molecule has 1 N–H and O–H groups in total. The summed E-state index contributed by atoms with van der Waals surface area (Å²) in [6.07, 6.45) is 0. The Hall–Kier alpha value is -2.04. The summed E-state index contributed by atoms with van der Waals surface area (Å²) in [7, 11) is 3.14. The molecule has 1 amide bonds. The number of carbonyl (C=O) groups is 2. The third-order valence-corrected chi connectivity index (χ3v) is 3.14. The number of hydrogen-bond donors (Lipinski definition) is 1. The maximum atomic E-state index is 12.2. The van der Waals surface area contributed by atoms with Crippen LogP contribution in [0.2, 0.25) is 0 Å². The van der Waals surface area contributed by atoms with Crippen LogP contribution in [-0.4, -0.2) is 31.1 Å². The highest BCUT2D eigenvalue weighted by Gasteiger charge is 2.38. The lowest BCUT2D eigenvalue weighted by atomic mass is 9.92. The lowest BCUT2D eigenvalue weighted by molar-refractivity contribution is -0.152. The Balaban J connectivity index is 3.07. The topological polar surface area (TPSA) is 66.8 Å². The van der Waals surface area contributed by atoms with Crippen LogP contribution in [0.15, 0.2) is 18.2 Å². The van der Waals surface area contributed by atoms with Gasteiger partial charge in [0.2, 0.25) is 5.91 Å². The normalized spacial score (nSPS) is 11.0. The molecule has 5 heteroatoms. The third kappa shape index (κ3) is 2.86. The van der Waals surface area contributed by atoms with Crippen LogP contribution < -0.4 is 9.64 Å². The van der Waals surface area contributed by atoms with Crippen LogP contribution in [-0.2, 0) is 9.59 Å². The van der Waals surface area contributed by atoms with Gasteiger partial charge in [0.25, 0.3) is 0 Å². The van der Waals surface area contributed by atoms with Crippen molar-refractivity contribution in [2.75, 3.05) is 19.1 Å². The fourth-order valence-electron chi connectivity index (χ4n) is 1.70. The molecule has 0 saturated carbocycles. The minimum Gasteiger partial charge on any atom is -0.496 e. The molecule has 0 fully saturated rings. The molecule has 0 aromatic heterocycles. The first kappa shape index (κ1) is 15.0. The van der Waals surface area contributed by atoms with Gasteiger partial charge in [-0.3, -0.25) is 9.59 Å². The van der Waals surface area contributed by atoms with Crippen molar-refractivity contribution in [3.05, 3.63) is 23.8 Å². The fourth-order valence-corrected chi connectivity index (χ4v) is 1.70. The van der Waals surface area contributed by atoms with Crippen LogP contribution in [0.3, 0.4) is 0 Å². The lowest BCUT2D eigenvalue weighted by Gasteiger charge is -2.26. The number of amides is 1. The van der Waals surface area contributed by atoms with Gasteiger partial charge in [-0.2, -0.15) is 0 Å². The van der Waals surface area contributed by atoms with Gasteiger partial charge in [0.1, 0.15) is 11.2 Å². The highest BCUT2D eigenvalue weighted by molar-refractivity contribution is 6.08. The number of rotatable bonds is 4. The molecule has 0 atom stereocenters. The number of methoxy groups -OCH3 is 1. The van der Waals surface area contributed by atoms with Crippen LogP contribution in [0.1, 0.15) is 19.4 Å². The number of benzene rings is 1. The molecule has 1 aromatic rings. The SMILES string of the molecule is COc1ccc(N(C)C(=O)C(C)(C)C(=O)O)cc1C. The second-order valence-electron chi connectivity index (χ2n) is 4.95. The Labute approximate surface area is 112 Å².